The number of hydrogen-bond acceptors (Lipinski definition) is 8. The fourth-order valence-corrected chi connectivity index (χ4v) is 6.23. The normalized spacial score (nSPS) is 11.9. The van der Waals surface area contributed by atoms with Crippen molar-refractivity contribution in [2.45, 2.75) is 39.5 Å². The number of aromatic nitrogens is 2. The first-order chi connectivity index (χ1) is 26.8. The molecular weight excluding hydrogens is 719 g/mol. The number of halogens is 2. The number of carboxylic acids is 2. The zero-order chi connectivity index (χ0) is 40.1. The van der Waals surface area contributed by atoms with Gasteiger partial charge in [-0.25, -0.2) is 28.3 Å². The van der Waals surface area contributed by atoms with Gasteiger partial charge in [0.2, 0.25) is 0 Å². The number of carboxylic acid groups (broad SMARTS) is 2. The van der Waals surface area contributed by atoms with E-state index in [4.69, 9.17) is 9.47 Å². The predicted octanol–water partition coefficient (Wildman–Crippen LogP) is 10.5. The third kappa shape index (κ3) is 8.92. The number of nitrogens with zero attached hydrogens (tertiary/aromatic N) is 2. The molecule has 1 aliphatic carbocycles. The largest absolute Gasteiger partial charge is 0.497 e. The Hall–Kier alpha value is -6.82. The van der Waals surface area contributed by atoms with Crippen molar-refractivity contribution < 1.29 is 38.1 Å². The summed E-state index contributed by atoms with van der Waals surface area (Å²) in [6, 6.07) is 24.0. The number of anilines is 4. The van der Waals surface area contributed by atoms with Gasteiger partial charge in [0.25, 0.3) is 0 Å². The van der Waals surface area contributed by atoms with E-state index in [0.29, 0.717) is 23.0 Å². The zero-order valence-electron chi connectivity index (χ0n) is 31.4. The monoisotopic (exact) mass is 758 g/mol. The maximum absolute atomic E-state index is 14.9. The predicted molar refractivity (Wildman–Crippen MR) is 212 cm³/mol. The van der Waals surface area contributed by atoms with Crippen molar-refractivity contribution in [2.24, 2.45) is 0 Å². The van der Waals surface area contributed by atoms with Crippen LogP contribution in [0.2, 0.25) is 0 Å². The first-order valence-corrected chi connectivity index (χ1v) is 17.7. The van der Waals surface area contributed by atoms with Crippen molar-refractivity contribution >= 4 is 34.9 Å². The Kier molecular flexibility index (Phi) is 11.6. The summed E-state index contributed by atoms with van der Waals surface area (Å²) in [5.74, 6) is -1.22. The van der Waals surface area contributed by atoms with Crippen LogP contribution in [0.15, 0.2) is 97.3 Å². The minimum Gasteiger partial charge on any atom is -0.497 e. The van der Waals surface area contributed by atoms with Crippen LogP contribution in [0.5, 0.6) is 11.5 Å². The standard InChI is InChI=1S/C23H21FN2O3.C21H19FN2O3/c1-13-8-21(20(24)11-18(13)15-4-3-5-17(9-15)29-2)26-22-19(23(27)28)10-16(12-25-22)14-6-7-14;1-12-7-17(21(25)26)20(23-11-12)24-19-8-13(2)16(10-18(19)22)14-5-4-6-15(9-14)27-3/h3-5,8-12,14H,6-7H2,1-2H3,(H,25,26)(H,27,28);4-11H,1-3H3,(H,23,24)(H,25,26). The molecule has 6 aromatic rings. The second-order valence-corrected chi connectivity index (χ2v) is 13.5. The molecule has 12 heteroatoms. The lowest BCUT2D eigenvalue weighted by molar-refractivity contribution is 0.0686. The van der Waals surface area contributed by atoms with Crippen molar-refractivity contribution in [3.63, 3.8) is 0 Å². The number of benzene rings is 4. The Labute approximate surface area is 322 Å². The molecule has 4 N–H and O–H groups in total. The molecule has 56 heavy (non-hydrogen) atoms. The molecule has 0 aliphatic heterocycles. The highest BCUT2D eigenvalue weighted by Crippen LogP contribution is 2.41. The van der Waals surface area contributed by atoms with Gasteiger partial charge in [-0.3, -0.25) is 0 Å². The summed E-state index contributed by atoms with van der Waals surface area (Å²) in [5.41, 5.74) is 6.82. The Balaban J connectivity index is 0.000000190. The summed E-state index contributed by atoms with van der Waals surface area (Å²) in [4.78, 5) is 31.5. The number of ether oxygens (including phenoxy) is 2. The van der Waals surface area contributed by atoms with Crippen LogP contribution in [-0.2, 0) is 0 Å². The number of aryl methyl sites for hydroxylation is 3. The van der Waals surface area contributed by atoms with Gasteiger partial charge >= 0.3 is 11.9 Å². The van der Waals surface area contributed by atoms with E-state index >= 15 is 0 Å². The van der Waals surface area contributed by atoms with E-state index in [1.807, 2.05) is 62.4 Å². The lowest BCUT2D eigenvalue weighted by atomic mass is 9.99. The molecule has 0 radical (unpaired) electrons. The van der Waals surface area contributed by atoms with E-state index in [0.717, 1.165) is 51.8 Å². The average molecular weight is 759 g/mol. The number of rotatable bonds is 11. The average Bonchev–Trinajstić information content (AvgIpc) is 4.04. The van der Waals surface area contributed by atoms with Gasteiger partial charge in [0.1, 0.15) is 45.9 Å². The van der Waals surface area contributed by atoms with Gasteiger partial charge in [-0.1, -0.05) is 24.3 Å². The molecule has 0 unspecified atom stereocenters. The third-order valence-corrected chi connectivity index (χ3v) is 9.34. The molecular formula is C44H40F2N4O6. The summed E-state index contributed by atoms with van der Waals surface area (Å²) in [6.07, 6.45) is 5.30. The SMILES string of the molecule is COc1cccc(-c2cc(F)c(Nc3ncc(C)cc3C(=O)O)cc2C)c1.COc1cccc(-c2cc(F)c(Nc3ncc(C4CC4)cc3C(=O)O)cc2C)c1. The molecule has 2 heterocycles. The molecule has 0 atom stereocenters. The smallest absolute Gasteiger partial charge is 0.339 e. The van der Waals surface area contributed by atoms with Crippen LogP contribution in [0.3, 0.4) is 0 Å². The maximum Gasteiger partial charge on any atom is 0.339 e. The van der Waals surface area contributed by atoms with Gasteiger partial charge in [-0.05, 0) is 145 Å². The summed E-state index contributed by atoms with van der Waals surface area (Å²) in [7, 11) is 3.16. The summed E-state index contributed by atoms with van der Waals surface area (Å²) in [6.45, 7) is 5.48. The van der Waals surface area contributed by atoms with Gasteiger partial charge in [0.15, 0.2) is 0 Å². The Morgan fingerprint density at radius 3 is 1.57 bits per heavy atom. The number of hydrogen-bond donors (Lipinski definition) is 4. The highest BCUT2D eigenvalue weighted by molar-refractivity contribution is 5.95. The molecule has 4 aromatic carbocycles. The van der Waals surface area contributed by atoms with Crippen LogP contribution in [-0.4, -0.2) is 46.3 Å². The summed E-state index contributed by atoms with van der Waals surface area (Å²) in [5, 5.41) is 24.6. The van der Waals surface area contributed by atoms with Crippen LogP contribution in [0.1, 0.15) is 61.7 Å². The molecule has 2 aromatic heterocycles. The fraction of sp³-hybridized carbons (Fsp3) is 0.182. The maximum atomic E-state index is 14.9. The molecule has 0 spiro atoms. The molecule has 0 saturated heterocycles. The van der Waals surface area contributed by atoms with Crippen LogP contribution >= 0.6 is 0 Å². The first-order valence-electron chi connectivity index (χ1n) is 17.7. The molecule has 0 amide bonds. The van der Waals surface area contributed by atoms with Gasteiger partial charge in [0.05, 0.1) is 25.6 Å². The summed E-state index contributed by atoms with van der Waals surface area (Å²) >= 11 is 0. The molecule has 286 valence electrons. The fourth-order valence-electron chi connectivity index (χ4n) is 6.23. The first kappa shape index (κ1) is 38.9. The van der Waals surface area contributed by atoms with E-state index < -0.39 is 23.6 Å². The molecule has 0 bridgehead atoms. The Morgan fingerprint density at radius 1 is 0.661 bits per heavy atom. The topological polar surface area (TPSA) is 143 Å². The lowest BCUT2D eigenvalue weighted by Crippen LogP contribution is -2.07. The zero-order valence-corrected chi connectivity index (χ0v) is 31.4. The van der Waals surface area contributed by atoms with E-state index in [2.05, 4.69) is 20.6 Å². The number of methoxy groups -OCH3 is 2. The van der Waals surface area contributed by atoms with Crippen LogP contribution in [0.4, 0.5) is 31.8 Å². The van der Waals surface area contributed by atoms with E-state index in [-0.39, 0.29) is 34.1 Å². The molecule has 10 nitrogen and oxygen atoms in total. The van der Waals surface area contributed by atoms with Crippen LogP contribution < -0.4 is 20.1 Å². The number of pyridine rings is 2. The number of carbonyl (C=O) groups is 2. The van der Waals surface area contributed by atoms with E-state index in [9.17, 15) is 28.6 Å². The van der Waals surface area contributed by atoms with Crippen molar-refractivity contribution in [1.29, 1.82) is 0 Å². The molecule has 7 rings (SSSR count). The highest BCUT2D eigenvalue weighted by atomic mass is 19.1. The van der Waals surface area contributed by atoms with Gasteiger partial charge < -0.3 is 30.3 Å². The van der Waals surface area contributed by atoms with E-state index in [1.54, 1.807) is 45.5 Å². The van der Waals surface area contributed by atoms with Crippen LogP contribution in [0.25, 0.3) is 22.3 Å². The van der Waals surface area contributed by atoms with Gasteiger partial charge in [0, 0.05) is 12.4 Å². The van der Waals surface area contributed by atoms with Crippen molar-refractivity contribution in [1.82, 2.24) is 9.97 Å². The number of aromatic carboxylic acids is 2. The molecule has 1 fully saturated rings. The second-order valence-electron chi connectivity index (χ2n) is 13.5. The van der Waals surface area contributed by atoms with Crippen molar-refractivity contribution in [3.8, 4) is 33.8 Å². The Bertz CT molecular complexity index is 2450. The van der Waals surface area contributed by atoms with Crippen molar-refractivity contribution in [2.75, 3.05) is 24.9 Å². The molecule has 1 aliphatic rings. The van der Waals surface area contributed by atoms with E-state index in [1.165, 1.54) is 24.4 Å². The van der Waals surface area contributed by atoms with Crippen molar-refractivity contribution in [3.05, 3.63) is 142 Å². The minimum atomic E-state index is -1.13. The number of nitrogens with one attached hydrogen (secondary N) is 2. The Morgan fingerprint density at radius 2 is 1.12 bits per heavy atom. The highest BCUT2D eigenvalue weighted by Gasteiger charge is 2.26. The second kappa shape index (κ2) is 16.7. The van der Waals surface area contributed by atoms with Crippen LogP contribution in [0, 0.1) is 32.4 Å². The molecule has 1 saturated carbocycles. The minimum absolute atomic E-state index is 0.0103. The van der Waals surface area contributed by atoms with Gasteiger partial charge in [-0.2, -0.15) is 0 Å². The quantitative estimate of drug-likeness (QED) is 0.101. The lowest BCUT2D eigenvalue weighted by Gasteiger charge is -2.14. The summed E-state index contributed by atoms with van der Waals surface area (Å²) < 4.78 is 40.1. The third-order valence-electron chi connectivity index (χ3n) is 9.34. The van der Waals surface area contributed by atoms with Gasteiger partial charge in [-0.15, -0.1) is 0 Å².